The summed E-state index contributed by atoms with van der Waals surface area (Å²) in [5, 5.41) is 4.37. The number of rotatable bonds is 2. The topological polar surface area (TPSA) is 62.6 Å². The zero-order chi connectivity index (χ0) is 15.3. The summed E-state index contributed by atoms with van der Waals surface area (Å²) >= 11 is 0. The van der Waals surface area contributed by atoms with E-state index in [9.17, 15) is 4.79 Å². The molecule has 2 aliphatic rings. The van der Waals surface area contributed by atoms with Crippen LogP contribution >= 0.6 is 0 Å². The maximum absolute atomic E-state index is 11.9. The fourth-order valence-electron chi connectivity index (χ4n) is 2.85. The fraction of sp³-hybridized carbons (Fsp3) is 0.375. The molecule has 6 heteroatoms. The third-order valence-corrected chi connectivity index (χ3v) is 4.03. The molecule has 0 spiro atoms. The van der Waals surface area contributed by atoms with Crippen molar-refractivity contribution in [2.24, 2.45) is 0 Å². The van der Waals surface area contributed by atoms with Gasteiger partial charge in [-0.3, -0.25) is 9.48 Å². The molecule has 1 atom stereocenters. The third-order valence-electron chi connectivity index (χ3n) is 4.03. The van der Waals surface area contributed by atoms with Crippen molar-refractivity contribution in [2.75, 3.05) is 6.79 Å². The van der Waals surface area contributed by atoms with E-state index in [0.717, 1.165) is 11.1 Å². The summed E-state index contributed by atoms with van der Waals surface area (Å²) in [5.74, 6) is 1.54. The Bertz CT molecular complexity index is 751. The first-order chi connectivity index (χ1) is 10.6. The van der Waals surface area contributed by atoms with Crippen LogP contribution in [0, 0.1) is 0 Å². The van der Waals surface area contributed by atoms with Gasteiger partial charge in [-0.1, -0.05) is 0 Å². The largest absolute Gasteiger partial charge is 0.454 e. The number of esters is 1. The highest BCUT2D eigenvalue weighted by molar-refractivity contribution is 5.78. The Kier molecular flexibility index (Phi) is 2.85. The molecule has 1 aromatic heterocycles. The van der Waals surface area contributed by atoms with Crippen LogP contribution < -0.4 is 14.2 Å². The number of fused-ring (bicyclic) bond motifs is 2. The van der Waals surface area contributed by atoms with Gasteiger partial charge in [-0.15, -0.1) is 0 Å². The van der Waals surface area contributed by atoms with Crippen LogP contribution in [-0.4, -0.2) is 22.5 Å². The average molecular weight is 300 g/mol. The molecular weight excluding hydrogens is 284 g/mol. The standard InChI is InChI=1S/C16H16N2O4/c1-9(2)18-7-10(6-17-18)11-4-16(19)22-13-5-15-14(3-12(11)13)20-8-21-15/h3,5-7,9,11H,4,8H2,1-2H3. The molecule has 0 radical (unpaired) electrons. The molecule has 0 amide bonds. The lowest BCUT2D eigenvalue weighted by Gasteiger charge is -2.24. The molecule has 0 N–H and O–H groups in total. The van der Waals surface area contributed by atoms with Crippen molar-refractivity contribution in [3.8, 4) is 17.2 Å². The van der Waals surface area contributed by atoms with Crippen LogP contribution in [0.4, 0.5) is 0 Å². The molecule has 0 saturated heterocycles. The number of benzene rings is 1. The smallest absolute Gasteiger partial charge is 0.312 e. The van der Waals surface area contributed by atoms with E-state index in [0.29, 0.717) is 23.7 Å². The van der Waals surface area contributed by atoms with Crippen molar-refractivity contribution in [1.82, 2.24) is 9.78 Å². The summed E-state index contributed by atoms with van der Waals surface area (Å²) in [6.45, 7) is 4.33. The highest BCUT2D eigenvalue weighted by Crippen LogP contribution is 2.45. The van der Waals surface area contributed by atoms with Gasteiger partial charge in [0.05, 0.1) is 12.6 Å². The van der Waals surface area contributed by atoms with Gasteiger partial charge in [0.25, 0.3) is 0 Å². The van der Waals surface area contributed by atoms with Gasteiger partial charge in [0, 0.05) is 29.8 Å². The monoisotopic (exact) mass is 300 g/mol. The highest BCUT2D eigenvalue weighted by atomic mass is 16.7. The molecule has 0 fully saturated rings. The molecule has 0 bridgehead atoms. The Labute approximate surface area is 127 Å². The Balaban J connectivity index is 1.79. The summed E-state index contributed by atoms with van der Waals surface area (Å²) in [6, 6.07) is 3.91. The number of aromatic nitrogens is 2. The van der Waals surface area contributed by atoms with Gasteiger partial charge >= 0.3 is 5.97 Å². The maximum atomic E-state index is 11.9. The molecule has 0 aliphatic carbocycles. The molecule has 2 aromatic rings. The van der Waals surface area contributed by atoms with E-state index >= 15 is 0 Å². The summed E-state index contributed by atoms with van der Waals surface area (Å²) in [6.07, 6.45) is 4.11. The molecule has 4 rings (SSSR count). The summed E-state index contributed by atoms with van der Waals surface area (Å²) in [5.41, 5.74) is 1.94. The summed E-state index contributed by atoms with van der Waals surface area (Å²) in [4.78, 5) is 11.9. The van der Waals surface area contributed by atoms with Gasteiger partial charge < -0.3 is 14.2 Å². The molecule has 6 nitrogen and oxygen atoms in total. The fourth-order valence-corrected chi connectivity index (χ4v) is 2.85. The number of carbonyl (C=O) groups excluding carboxylic acids is 1. The minimum atomic E-state index is -0.242. The lowest BCUT2D eigenvalue weighted by atomic mass is 9.88. The Morgan fingerprint density at radius 2 is 2.00 bits per heavy atom. The van der Waals surface area contributed by atoms with E-state index in [-0.39, 0.29) is 24.7 Å². The normalized spacial score (nSPS) is 19.2. The molecular formula is C16H16N2O4. The molecule has 0 saturated carbocycles. The molecule has 2 aliphatic heterocycles. The number of hydrogen-bond donors (Lipinski definition) is 0. The predicted molar refractivity (Wildman–Crippen MR) is 77.3 cm³/mol. The van der Waals surface area contributed by atoms with Gasteiger partial charge in [-0.2, -0.15) is 5.10 Å². The first-order valence-electron chi connectivity index (χ1n) is 7.30. The maximum Gasteiger partial charge on any atom is 0.312 e. The van der Waals surface area contributed by atoms with Crippen molar-refractivity contribution in [3.63, 3.8) is 0 Å². The van der Waals surface area contributed by atoms with Crippen molar-refractivity contribution in [3.05, 3.63) is 35.7 Å². The second-order valence-corrected chi connectivity index (χ2v) is 5.82. The first kappa shape index (κ1) is 13.2. The molecule has 1 aromatic carbocycles. The van der Waals surface area contributed by atoms with Crippen LogP contribution in [0.25, 0.3) is 0 Å². The van der Waals surface area contributed by atoms with Crippen LogP contribution in [0.15, 0.2) is 24.5 Å². The molecule has 114 valence electrons. The summed E-state index contributed by atoms with van der Waals surface area (Å²) in [7, 11) is 0. The van der Waals surface area contributed by atoms with Gasteiger partial charge in [-0.25, -0.2) is 0 Å². The quantitative estimate of drug-likeness (QED) is 0.630. The van der Waals surface area contributed by atoms with Crippen LogP contribution in [0.5, 0.6) is 17.2 Å². The van der Waals surface area contributed by atoms with E-state index in [1.54, 1.807) is 6.07 Å². The minimum Gasteiger partial charge on any atom is -0.454 e. The van der Waals surface area contributed by atoms with E-state index in [1.807, 2.05) is 23.1 Å². The summed E-state index contributed by atoms with van der Waals surface area (Å²) < 4.78 is 18.0. The van der Waals surface area contributed by atoms with E-state index in [4.69, 9.17) is 14.2 Å². The lowest BCUT2D eigenvalue weighted by molar-refractivity contribution is -0.135. The van der Waals surface area contributed by atoms with E-state index in [2.05, 4.69) is 18.9 Å². The van der Waals surface area contributed by atoms with E-state index < -0.39 is 0 Å². The molecule has 1 unspecified atom stereocenters. The van der Waals surface area contributed by atoms with Gasteiger partial charge in [0.2, 0.25) is 6.79 Å². The minimum absolute atomic E-state index is 0.0711. The Morgan fingerprint density at radius 1 is 1.23 bits per heavy atom. The first-order valence-corrected chi connectivity index (χ1v) is 7.30. The predicted octanol–water partition coefficient (Wildman–Crippen LogP) is 2.63. The average Bonchev–Trinajstić information content (AvgIpc) is 3.13. The van der Waals surface area contributed by atoms with Crippen LogP contribution in [-0.2, 0) is 4.79 Å². The van der Waals surface area contributed by atoms with Crippen molar-refractivity contribution >= 4 is 5.97 Å². The van der Waals surface area contributed by atoms with Gasteiger partial charge in [-0.05, 0) is 25.5 Å². The second-order valence-electron chi connectivity index (χ2n) is 5.82. The van der Waals surface area contributed by atoms with Crippen LogP contribution in [0.1, 0.15) is 43.4 Å². The molecule has 3 heterocycles. The van der Waals surface area contributed by atoms with Crippen molar-refractivity contribution in [1.29, 1.82) is 0 Å². The molecule has 22 heavy (non-hydrogen) atoms. The zero-order valence-corrected chi connectivity index (χ0v) is 12.4. The van der Waals surface area contributed by atoms with Crippen LogP contribution in [0.2, 0.25) is 0 Å². The number of ether oxygens (including phenoxy) is 3. The van der Waals surface area contributed by atoms with Crippen LogP contribution in [0.3, 0.4) is 0 Å². The number of nitrogens with zero attached hydrogens (tertiary/aromatic N) is 2. The van der Waals surface area contributed by atoms with Gasteiger partial charge in [0.1, 0.15) is 5.75 Å². The number of carbonyl (C=O) groups is 1. The second kappa shape index (κ2) is 4.76. The van der Waals surface area contributed by atoms with E-state index in [1.165, 1.54) is 0 Å². The third kappa shape index (κ3) is 2.03. The SMILES string of the molecule is CC(C)n1cc(C2CC(=O)Oc3cc4c(cc32)OCO4)cn1. The van der Waals surface area contributed by atoms with Crippen molar-refractivity contribution < 1.29 is 19.0 Å². The lowest BCUT2D eigenvalue weighted by Crippen LogP contribution is -2.20. The number of hydrogen-bond acceptors (Lipinski definition) is 5. The Morgan fingerprint density at radius 3 is 2.73 bits per heavy atom. The highest BCUT2D eigenvalue weighted by Gasteiger charge is 2.32. The zero-order valence-electron chi connectivity index (χ0n) is 12.4. The Hall–Kier alpha value is -2.50. The van der Waals surface area contributed by atoms with Crippen molar-refractivity contribution in [2.45, 2.75) is 32.2 Å². The van der Waals surface area contributed by atoms with Gasteiger partial charge in [0.15, 0.2) is 11.5 Å².